The van der Waals surface area contributed by atoms with Crippen molar-refractivity contribution in [2.45, 2.75) is 19.4 Å². The molecule has 1 N–H and O–H groups in total. The first-order chi connectivity index (χ1) is 9.65. The van der Waals surface area contributed by atoms with Crippen LogP contribution < -0.4 is 0 Å². The smallest absolute Gasteiger partial charge is 0.254 e. The van der Waals surface area contributed by atoms with Crippen LogP contribution in [0.25, 0.3) is 0 Å². The molecule has 2 unspecified atom stereocenters. The predicted molar refractivity (Wildman–Crippen MR) is 78.8 cm³/mol. The molecule has 1 fully saturated rings. The molecule has 0 radical (unpaired) electrons. The normalized spacial score (nSPS) is 22.2. The Kier molecular flexibility index (Phi) is 5.18. The maximum absolute atomic E-state index is 12.4. The lowest BCUT2D eigenvalue weighted by Gasteiger charge is -2.36. The molecule has 1 saturated heterocycles. The van der Waals surface area contributed by atoms with E-state index in [1.807, 2.05) is 10.3 Å². The van der Waals surface area contributed by atoms with Gasteiger partial charge < -0.3 is 14.7 Å². The van der Waals surface area contributed by atoms with Gasteiger partial charge in [0.15, 0.2) is 0 Å². The molecule has 1 aromatic heterocycles. The Labute approximate surface area is 123 Å². The number of ether oxygens (including phenoxy) is 1. The monoisotopic (exact) mass is 293 g/mol. The molecule has 0 aliphatic carbocycles. The van der Waals surface area contributed by atoms with Crippen molar-refractivity contribution in [2.75, 3.05) is 26.8 Å². The molecule has 0 spiro atoms. The second-order valence-corrected chi connectivity index (χ2v) is 5.86. The van der Waals surface area contributed by atoms with E-state index in [0.717, 1.165) is 17.8 Å². The molecule has 5 heteroatoms. The summed E-state index contributed by atoms with van der Waals surface area (Å²) in [4.78, 5) is 15.1. The minimum atomic E-state index is -0.166. The molecule has 2 heterocycles. The lowest BCUT2D eigenvalue weighted by Crippen LogP contribution is -2.46. The molecule has 108 valence electrons. The van der Waals surface area contributed by atoms with Gasteiger partial charge in [0.2, 0.25) is 0 Å². The van der Waals surface area contributed by atoms with Crippen LogP contribution in [0.5, 0.6) is 0 Å². The number of nitrogens with zero attached hydrogens (tertiary/aromatic N) is 1. The lowest BCUT2D eigenvalue weighted by atomic mass is 9.95. The molecule has 1 aliphatic rings. The van der Waals surface area contributed by atoms with E-state index in [-0.39, 0.29) is 18.6 Å². The average molecular weight is 293 g/mol. The van der Waals surface area contributed by atoms with Gasteiger partial charge in [0, 0.05) is 25.6 Å². The summed E-state index contributed by atoms with van der Waals surface area (Å²) in [5, 5.41) is 10.5. The van der Waals surface area contributed by atoms with Crippen molar-refractivity contribution in [3.63, 3.8) is 0 Å². The number of piperidine rings is 1. The second kappa shape index (κ2) is 6.89. The third-order valence-electron chi connectivity index (χ3n) is 3.62. The Morgan fingerprint density at radius 1 is 1.65 bits per heavy atom. The van der Waals surface area contributed by atoms with Crippen LogP contribution in [-0.2, 0) is 4.74 Å². The minimum absolute atomic E-state index is 0.0345. The maximum Gasteiger partial charge on any atom is 0.254 e. The van der Waals surface area contributed by atoms with Gasteiger partial charge in [0.05, 0.1) is 16.5 Å². The van der Waals surface area contributed by atoms with Crippen LogP contribution in [0.15, 0.2) is 11.4 Å². The van der Waals surface area contributed by atoms with Gasteiger partial charge in [-0.15, -0.1) is 11.3 Å². The van der Waals surface area contributed by atoms with E-state index in [2.05, 4.69) is 18.8 Å². The highest BCUT2D eigenvalue weighted by molar-refractivity contribution is 7.10. The van der Waals surface area contributed by atoms with E-state index < -0.39 is 0 Å². The average Bonchev–Trinajstić information content (AvgIpc) is 2.93. The molecule has 20 heavy (non-hydrogen) atoms. The molecule has 0 aromatic carbocycles. The van der Waals surface area contributed by atoms with Crippen molar-refractivity contribution < 1.29 is 14.6 Å². The van der Waals surface area contributed by atoms with Gasteiger partial charge in [-0.2, -0.15) is 0 Å². The summed E-state index contributed by atoms with van der Waals surface area (Å²) in [5.74, 6) is 5.93. The van der Waals surface area contributed by atoms with Crippen molar-refractivity contribution in [3.05, 3.63) is 21.9 Å². The molecule has 2 rings (SSSR count). The highest BCUT2D eigenvalue weighted by atomic mass is 32.1. The number of amides is 1. The zero-order valence-corrected chi connectivity index (χ0v) is 12.6. The van der Waals surface area contributed by atoms with Crippen LogP contribution >= 0.6 is 11.3 Å². The topological polar surface area (TPSA) is 49.8 Å². The second-order valence-electron chi connectivity index (χ2n) is 4.95. The van der Waals surface area contributed by atoms with Gasteiger partial charge in [0.1, 0.15) is 6.61 Å². The molecular formula is C15H19NO3S. The highest BCUT2D eigenvalue weighted by Crippen LogP contribution is 2.22. The molecular weight excluding hydrogens is 274 g/mol. The van der Waals surface area contributed by atoms with Gasteiger partial charge in [-0.25, -0.2) is 0 Å². The van der Waals surface area contributed by atoms with E-state index in [1.54, 1.807) is 13.2 Å². The number of carbonyl (C=O) groups excluding carboxylic acids is 1. The molecule has 0 bridgehead atoms. The number of methoxy groups -OCH3 is 1. The molecule has 0 saturated carbocycles. The molecule has 1 amide bonds. The van der Waals surface area contributed by atoms with Crippen LogP contribution in [0, 0.1) is 17.8 Å². The Morgan fingerprint density at radius 3 is 3.15 bits per heavy atom. The zero-order chi connectivity index (χ0) is 14.5. The summed E-state index contributed by atoms with van der Waals surface area (Å²) in [6, 6.07) is 1.79. The standard InChI is InChI=1S/C15H19NO3S/c1-11-5-6-16(9-14(11)19-2)15(18)12-8-13(20-10-12)4-3-7-17/h8,10-11,14,17H,5-7,9H2,1-2H3. The number of carbonyl (C=O) groups is 1. The highest BCUT2D eigenvalue weighted by Gasteiger charge is 2.29. The van der Waals surface area contributed by atoms with Crippen molar-refractivity contribution in [2.24, 2.45) is 5.92 Å². The van der Waals surface area contributed by atoms with E-state index in [9.17, 15) is 4.79 Å². The first-order valence-electron chi connectivity index (χ1n) is 6.66. The lowest BCUT2D eigenvalue weighted by molar-refractivity contribution is -0.00154. The first kappa shape index (κ1) is 15.0. The number of aliphatic hydroxyl groups excluding tert-OH is 1. The van der Waals surface area contributed by atoms with Gasteiger partial charge in [0.25, 0.3) is 5.91 Å². The van der Waals surface area contributed by atoms with Gasteiger partial charge >= 0.3 is 0 Å². The third kappa shape index (κ3) is 3.40. The summed E-state index contributed by atoms with van der Waals surface area (Å²) in [6.45, 7) is 3.40. The van der Waals surface area contributed by atoms with Crippen LogP contribution in [0.2, 0.25) is 0 Å². The fourth-order valence-corrected chi connectivity index (χ4v) is 3.10. The maximum atomic E-state index is 12.4. The van der Waals surface area contributed by atoms with Crippen LogP contribution in [0.3, 0.4) is 0 Å². The first-order valence-corrected chi connectivity index (χ1v) is 7.54. The summed E-state index contributed by atoms with van der Waals surface area (Å²) in [7, 11) is 1.70. The minimum Gasteiger partial charge on any atom is -0.384 e. The number of rotatable bonds is 2. The number of aliphatic hydroxyl groups is 1. The molecule has 1 aromatic rings. The summed E-state index contributed by atoms with van der Waals surface area (Å²) in [5.41, 5.74) is 0.668. The van der Waals surface area contributed by atoms with Gasteiger partial charge in [-0.3, -0.25) is 4.79 Å². The van der Waals surface area contributed by atoms with Crippen molar-refractivity contribution >= 4 is 17.2 Å². The third-order valence-corrected chi connectivity index (χ3v) is 4.46. The summed E-state index contributed by atoms with van der Waals surface area (Å²) in [6.07, 6.45) is 1.07. The van der Waals surface area contributed by atoms with Crippen LogP contribution in [0.4, 0.5) is 0 Å². The zero-order valence-electron chi connectivity index (χ0n) is 11.8. The summed E-state index contributed by atoms with van der Waals surface area (Å²) >= 11 is 1.43. The number of likely N-dealkylation sites (tertiary alicyclic amines) is 1. The van der Waals surface area contributed by atoms with Crippen LogP contribution in [-0.4, -0.2) is 48.8 Å². The molecule has 1 aliphatic heterocycles. The summed E-state index contributed by atoms with van der Waals surface area (Å²) < 4.78 is 5.44. The van der Waals surface area contributed by atoms with Gasteiger partial charge in [-0.05, 0) is 18.4 Å². The van der Waals surface area contributed by atoms with Crippen molar-refractivity contribution in [1.82, 2.24) is 4.90 Å². The van der Waals surface area contributed by atoms with E-state index in [4.69, 9.17) is 9.84 Å². The SMILES string of the molecule is COC1CN(C(=O)c2csc(C#CCO)c2)CCC1C. The van der Waals surface area contributed by atoms with Crippen molar-refractivity contribution in [1.29, 1.82) is 0 Å². The van der Waals surface area contributed by atoms with Crippen LogP contribution in [0.1, 0.15) is 28.6 Å². The Balaban J connectivity index is 2.05. The molecule has 2 atom stereocenters. The van der Waals surface area contributed by atoms with E-state index in [1.165, 1.54) is 11.3 Å². The Hall–Kier alpha value is -1.35. The van der Waals surface area contributed by atoms with E-state index >= 15 is 0 Å². The predicted octanol–water partition coefficient (Wildman–Crippen LogP) is 1.59. The van der Waals surface area contributed by atoms with Gasteiger partial charge in [-0.1, -0.05) is 18.8 Å². The van der Waals surface area contributed by atoms with E-state index in [0.29, 0.717) is 18.0 Å². The molecule has 4 nitrogen and oxygen atoms in total. The largest absolute Gasteiger partial charge is 0.384 e. The fourth-order valence-electron chi connectivity index (χ4n) is 2.35. The number of thiophene rings is 1. The fraction of sp³-hybridized carbons (Fsp3) is 0.533. The quantitative estimate of drug-likeness (QED) is 0.843. The number of hydrogen-bond acceptors (Lipinski definition) is 4. The number of hydrogen-bond donors (Lipinski definition) is 1. The Morgan fingerprint density at radius 2 is 2.45 bits per heavy atom. The van der Waals surface area contributed by atoms with Crippen molar-refractivity contribution in [3.8, 4) is 11.8 Å². The Bertz CT molecular complexity index is 529.